The van der Waals surface area contributed by atoms with Gasteiger partial charge in [-0.1, -0.05) is 48.2 Å². The molecule has 0 amide bonds. The number of benzene rings is 2. The Kier molecular flexibility index (Phi) is 3.60. The van der Waals surface area contributed by atoms with Crippen LogP contribution in [-0.4, -0.2) is 5.11 Å². The van der Waals surface area contributed by atoms with Crippen LogP contribution in [0.4, 0.5) is 0 Å². The highest BCUT2D eigenvalue weighted by Crippen LogP contribution is 2.39. The van der Waals surface area contributed by atoms with Crippen LogP contribution in [0.15, 0.2) is 57.6 Å². The van der Waals surface area contributed by atoms with Crippen molar-refractivity contribution in [1.82, 2.24) is 0 Å². The summed E-state index contributed by atoms with van der Waals surface area (Å²) in [5, 5.41) is 12.9. The highest BCUT2D eigenvalue weighted by atomic mass is 32.2. The maximum atomic E-state index is 9.39. The molecule has 0 aliphatic heterocycles. The monoisotopic (exact) mass is 286 g/mol. The summed E-state index contributed by atoms with van der Waals surface area (Å²) in [6, 6.07) is 14.4. The molecule has 0 bridgehead atoms. The summed E-state index contributed by atoms with van der Waals surface area (Å²) in [6.07, 6.45) is 0. The third-order valence-corrected chi connectivity index (χ3v) is 5.58. The predicted octanol–water partition coefficient (Wildman–Crippen LogP) is 4.85. The SMILES string of the molecule is Cc1cccc2c(Sc3ccccc3CO)csc12. The molecule has 1 N–H and O–H groups in total. The number of aliphatic hydroxyl groups excluding tert-OH is 1. The Labute approximate surface area is 120 Å². The quantitative estimate of drug-likeness (QED) is 0.742. The van der Waals surface area contributed by atoms with Crippen molar-refractivity contribution in [3.63, 3.8) is 0 Å². The highest BCUT2D eigenvalue weighted by molar-refractivity contribution is 7.99. The maximum Gasteiger partial charge on any atom is 0.0692 e. The number of fused-ring (bicyclic) bond motifs is 1. The first kappa shape index (κ1) is 12.7. The van der Waals surface area contributed by atoms with Crippen LogP contribution in [0.5, 0.6) is 0 Å². The minimum absolute atomic E-state index is 0.0876. The van der Waals surface area contributed by atoms with Crippen molar-refractivity contribution in [3.8, 4) is 0 Å². The Hall–Kier alpha value is -1.29. The van der Waals surface area contributed by atoms with Crippen molar-refractivity contribution in [2.45, 2.75) is 23.3 Å². The zero-order chi connectivity index (χ0) is 13.2. The maximum absolute atomic E-state index is 9.39. The van der Waals surface area contributed by atoms with E-state index in [1.807, 2.05) is 18.2 Å². The van der Waals surface area contributed by atoms with Gasteiger partial charge in [0.15, 0.2) is 0 Å². The van der Waals surface area contributed by atoms with Crippen LogP contribution in [0.1, 0.15) is 11.1 Å². The van der Waals surface area contributed by atoms with Crippen LogP contribution in [0.2, 0.25) is 0 Å². The average Bonchev–Trinajstić information content (AvgIpc) is 2.84. The smallest absolute Gasteiger partial charge is 0.0692 e. The van der Waals surface area contributed by atoms with Gasteiger partial charge in [0.1, 0.15) is 0 Å². The predicted molar refractivity (Wildman–Crippen MR) is 83.0 cm³/mol. The normalized spacial score (nSPS) is 11.1. The number of thiophene rings is 1. The molecule has 1 aromatic heterocycles. The summed E-state index contributed by atoms with van der Waals surface area (Å²) in [7, 11) is 0. The van der Waals surface area contributed by atoms with Crippen LogP contribution in [0, 0.1) is 6.92 Å². The standard InChI is InChI=1S/C16H14OS2/c1-11-5-4-7-13-15(10-18-16(11)13)19-14-8-3-2-6-12(14)9-17/h2-8,10,17H,9H2,1H3. The first-order valence-corrected chi connectivity index (χ1v) is 7.82. The van der Waals surface area contributed by atoms with Crippen LogP contribution in [0.3, 0.4) is 0 Å². The number of hydrogen-bond donors (Lipinski definition) is 1. The fourth-order valence-corrected chi connectivity index (χ4v) is 4.35. The van der Waals surface area contributed by atoms with Crippen molar-refractivity contribution in [2.24, 2.45) is 0 Å². The lowest BCUT2D eigenvalue weighted by atomic mass is 10.2. The van der Waals surface area contributed by atoms with Crippen molar-refractivity contribution < 1.29 is 5.11 Å². The van der Waals surface area contributed by atoms with Crippen molar-refractivity contribution in [1.29, 1.82) is 0 Å². The first-order chi connectivity index (χ1) is 9.29. The zero-order valence-corrected chi connectivity index (χ0v) is 12.2. The van der Waals surface area contributed by atoms with Crippen LogP contribution < -0.4 is 0 Å². The van der Waals surface area contributed by atoms with Gasteiger partial charge >= 0.3 is 0 Å². The molecule has 0 fully saturated rings. The second-order valence-electron chi connectivity index (χ2n) is 4.42. The fraction of sp³-hybridized carbons (Fsp3) is 0.125. The van der Waals surface area contributed by atoms with E-state index >= 15 is 0 Å². The summed E-state index contributed by atoms with van der Waals surface area (Å²) in [5.41, 5.74) is 2.31. The molecule has 19 heavy (non-hydrogen) atoms. The van der Waals surface area contributed by atoms with Gasteiger partial charge in [0.2, 0.25) is 0 Å². The van der Waals surface area contributed by atoms with Gasteiger partial charge in [-0.15, -0.1) is 11.3 Å². The molecule has 0 saturated carbocycles. The molecule has 0 spiro atoms. The average molecular weight is 286 g/mol. The molecule has 0 saturated heterocycles. The number of aliphatic hydroxyl groups is 1. The molecule has 3 heteroatoms. The Balaban J connectivity index is 2.04. The van der Waals surface area contributed by atoms with E-state index in [-0.39, 0.29) is 6.61 Å². The summed E-state index contributed by atoms with van der Waals surface area (Å²) in [5.74, 6) is 0. The molecular weight excluding hydrogens is 272 g/mol. The molecule has 0 aliphatic rings. The van der Waals surface area contributed by atoms with E-state index in [1.54, 1.807) is 23.1 Å². The summed E-state index contributed by atoms with van der Waals surface area (Å²) in [6.45, 7) is 2.24. The largest absolute Gasteiger partial charge is 0.392 e. The molecule has 1 heterocycles. The minimum atomic E-state index is 0.0876. The Bertz CT molecular complexity index is 716. The van der Waals surface area contributed by atoms with Crippen molar-refractivity contribution in [2.75, 3.05) is 0 Å². The van der Waals surface area contributed by atoms with E-state index in [9.17, 15) is 5.11 Å². The van der Waals surface area contributed by atoms with E-state index < -0.39 is 0 Å². The summed E-state index contributed by atoms with van der Waals surface area (Å²) >= 11 is 3.52. The molecule has 3 aromatic rings. The van der Waals surface area contributed by atoms with Gasteiger partial charge in [0.25, 0.3) is 0 Å². The molecule has 96 valence electrons. The van der Waals surface area contributed by atoms with E-state index in [2.05, 4.69) is 36.6 Å². The van der Waals surface area contributed by atoms with Crippen molar-refractivity contribution >= 4 is 33.2 Å². The lowest BCUT2D eigenvalue weighted by Gasteiger charge is -2.06. The van der Waals surface area contributed by atoms with E-state index in [0.717, 1.165) is 10.5 Å². The highest BCUT2D eigenvalue weighted by Gasteiger charge is 2.09. The van der Waals surface area contributed by atoms with Gasteiger partial charge in [-0.25, -0.2) is 0 Å². The van der Waals surface area contributed by atoms with Gasteiger partial charge in [-0.05, 0) is 24.1 Å². The third kappa shape index (κ3) is 2.41. The molecule has 0 radical (unpaired) electrons. The van der Waals surface area contributed by atoms with Gasteiger partial charge < -0.3 is 5.11 Å². The van der Waals surface area contributed by atoms with Gasteiger partial charge in [-0.2, -0.15) is 0 Å². The third-order valence-electron chi connectivity index (χ3n) is 3.12. The second-order valence-corrected chi connectivity index (χ2v) is 6.38. The van der Waals surface area contributed by atoms with Crippen LogP contribution in [-0.2, 0) is 6.61 Å². The number of aryl methyl sites for hydroxylation is 1. The Morgan fingerprint density at radius 1 is 1.05 bits per heavy atom. The lowest BCUT2D eigenvalue weighted by Crippen LogP contribution is -1.85. The number of rotatable bonds is 3. The molecule has 3 rings (SSSR count). The summed E-state index contributed by atoms with van der Waals surface area (Å²) < 4.78 is 1.35. The topological polar surface area (TPSA) is 20.2 Å². The van der Waals surface area contributed by atoms with E-state index in [0.29, 0.717) is 0 Å². The first-order valence-electron chi connectivity index (χ1n) is 6.13. The van der Waals surface area contributed by atoms with Gasteiger partial charge in [0.05, 0.1) is 6.61 Å². The molecule has 2 aromatic carbocycles. The lowest BCUT2D eigenvalue weighted by molar-refractivity contribution is 0.279. The van der Waals surface area contributed by atoms with Crippen molar-refractivity contribution in [3.05, 3.63) is 59.0 Å². The Morgan fingerprint density at radius 2 is 1.89 bits per heavy atom. The number of hydrogen-bond acceptors (Lipinski definition) is 3. The Morgan fingerprint density at radius 3 is 2.74 bits per heavy atom. The van der Waals surface area contributed by atoms with E-state index in [1.165, 1.54) is 20.5 Å². The molecule has 0 atom stereocenters. The van der Waals surface area contributed by atoms with E-state index in [4.69, 9.17) is 0 Å². The second kappa shape index (κ2) is 5.37. The molecule has 0 unspecified atom stereocenters. The van der Waals surface area contributed by atoms with Crippen LogP contribution in [0.25, 0.3) is 10.1 Å². The van der Waals surface area contributed by atoms with Crippen LogP contribution >= 0.6 is 23.1 Å². The van der Waals surface area contributed by atoms with Gasteiger partial charge in [0, 0.05) is 25.3 Å². The summed E-state index contributed by atoms with van der Waals surface area (Å²) in [4.78, 5) is 2.40. The molecule has 1 nitrogen and oxygen atoms in total. The molecular formula is C16H14OS2. The minimum Gasteiger partial charge on any atom is -0.392 e. The van der Waals surface area contributed by atoms with Gasteiger partial charge in [-0.3, -0.25) is 0 Å². The zero-order valence-electron chi connectivity index (χ0n) is 10.6. The fourth-order valence-electron chi connectivity index (χ4n) is 2.11. The molecule has 0 aliphatic carbocycles.